The molecule has 2 N–H and O–H groups in total. The Morgan fingerprint density at radius 2 is 1.89 bits per heavy atom. The number of ether oxygens (including phenoxy) is 2. The van der Waals surface area contributed by atoms with Crippen molar-refractivity contribution in [2.24, 2.45) is 0 Å². The van der Waals surface area contributed by atoms with E-state index in [0.717, 1.165) is 31.2 Å². The molecule has 1 aromatic heterocycles. The smallest absolute Gasteiger partial charge is 0.272 e. The van der Waals surface area contributed by atoms with Crippen LogP contribution in [0.3, 0.4) is 0 Å². The highest BCUT2D eigenvalue weighted by Crippen LogP contribution is 2.28. The van der Waals surface area contributed by atoms with Gasteiger partial charge in [0, 0.05) is 31.8 Å². The summed E-state index contributed by atoms with van der Waals surface area (Å²) in [6, 6.07) is 7.15. The number of aromatic nitrogens is 2. The molecule has 1 aromatic carbocycles. The summed E-state index contributed by atoms with van der Waals surface area (Å²) in [7, 11) is 4.80. The molecule has 1 atom stereocenters. The van der Waals surface area contributed by atoms with Gasteiger partial charge in [0.15, 0.2) is 5.69 Å². The van der Waals surface area contributed by atoms with Crippen LogP contribution >= 0.6 is 0 Å². The number of fused-ring (bicyclic) bond motifs is 1. The Kier molecular flexibility index (Phi) is 7.51. The second-order valence-electron chi connectivity index (χ2n) is 9.70. The topological polar surface area (TPSA) is 115 Å². The molecule has 0 radical (unpaired) electrons. The second-order valence-corrected chi connectivity index (χ2v) is 9.70. The highest BCUT2D eigenvalue weighted by molar-refractivity contribution is 6.01. The predicted molar refractivity (Wildman–Crippen MR) is 133 cm³/mol. The van der Waals surface area contributed by atoms with E-state index in [1.54, 1.807) is 34.3 Å². The number of hydrogen-bond donors (Lipinski definition) is 2. The van der Waals surface area contributed by atoms with Crippen molar-refractivity contribution in [2.75, 3.05) is 27.8 Å². The number of carbonyl (C=O) groups is 3. The van der Waals surface area contributed by atoms with Gasteiger partial charge in [-0.15, -0.1) is 0 Å². The molecule has 10 nitrogen and oxygen atoms in total. The fourth-order valence-corrected chi connectivity index (χ4v) is 4.89. The fraction of sp³-hybridized carbons (Fsp3) is 0.538. The summed E-state index contributed by atoms with van der Waals surface area (Å²) in [5.41, 5.74) is 0.277. The van der Waals surface area contributed by atoms with Crippen molar-refractivity contribution in [2.45, 2.75) is 63.6 Å². The Bertz CT molecular complexity index is 1140. The second kappa shape index (κ2) is 10.6. The summed E-state index contributed by atoms with van der Waals surface area (Å²) >= 11 is 0. The minimum absolute atomic E-state index is 0.135. The molecule has 2 heterocycles. The van der Waals surface area contributed by atoms with E-state index in [4.69, 9.17) is 9.47 Å². The Balaban J connectivity index is 1.41. The van der Waals surface area contributed by atoms with Gasteiger partial charge >= 0.3 is 0 Å². The van der Waals surface area contributed by atoms with Gasteiger partial charge in [-0.2, -0.15) is 5.10 Å². The van der Waals surface area contributed by atoms with Gasteiger partial charge in [0.25, 0.3) is 11.8 Å². The molecule has 194 valence electrons. The summed E-state index contributed by atoms with van der Waals surface area (Å²) in [4.78, 5) is 40.6. The average Bonchev–Trinajstić information content (AvgIpc) is 3.32. The van der Waals surface area contributed by atoms with E-state index in [9.17, 15) is 14.4 Å². The number of nitrogens with zero attached hydrogens (tertiary/aromatic N) is 3. The molecular weight excluding hydrogens is 462 g/mol. The molecule has 3 amide bonds. The third-order valence-electron chi connectivity index (χ3n) is 7.34. The molecule has 10 heteroatoms. The van der Waals surface area contributed by atoms with Gasteiger partial charge in [-0.3, -0.25) is 19.1 Å². The van der Waals surface area contributed by atoms with Crippen LogP contribution in [0.5, 0.6) is 11.5 Å². The maximum absolute atomic E-state index is 13.2. The third-order valence-corrected chi connectivity index (χ3v) is 7.34. The summed E-state index contributed by atoms with van der Waals surface area (Å²) in [6.45, 7) is 2.29. The zero-order valence-corrected chi connectivity index (χ0v) is 21.4. The highest BCUT2D eigenvalue weighted by Gasteiger charge is 2.46. The van der Waals surface area contributed by atoms with Crippen molar-refractivity contribution in [3.63, 3.8) is 0 Å². The van der Waals surface area contributed by atoms with Crippen LogP contribution in [0.4, 0.5) is 0 Å². The minimum atomic E-state index is -1.09. The van der Waals surface area contributed by atoms with Crippen LogP contribution < -0.4 is 20.1 Å². The number of benzene rings is 1. The zero-order valence-electron chi connectivity index (χ0n) is 21.4. The molecule has 1 aliphatic carbocycles. The molecular formula is C26H35N5O5. The van der Waals surface area contributed by atoms with Gasteiger partial charge in [0.05, 0.1) is 20.8 Å². The van der Waals surface area contributed by atoms with Crippen LogP contribution in [0.2, 0.25) is 0 Å². The molecule has 0 bridgehead atoms. The molecule has 0 saturated heterocycles. The summed E-state index contributed by atoms with van der Waals surface area (Å²) in [5.74, 6) is 0.467. The maximum Gasteiger partial charge on any atom is 0.272 e. The molecule has 0 unspecified atom stereocenters. The van der Waals surface area contributed by atoms with Crippen LogP contribution in [0.1, 0.15) is 65.6 Å². The summed E-state index contributed by atoms with van der Waals surface area (Å²) in [5, 5.41) is 10.4. The molecule has 36 heavy (non-hydrogen) atoms. The third kappa shape index (κ3) is 5.03. The van der Waals surface area contributed by atoms with Crippen LogP contribution in [0.25, 0.3) is 0 Å². The zero-order chi connectivity index (χ0) is 25.9. The first-order valence-corrected chi connectivity index (χ1v) is 12.4. The van der Waals surface area contributed by atoms with Crippen molar-refractivity contribution in [3.8, 4) is 11.5 Å². The van der Waals surface area contributed by atoms with Gasteiger partial charge in [0.2, 0.25) is 5.91 Å². The molecule has 2 aliphatic rings. The Labute approximate surface area is 211 Å². The molecule has 1 saturated carbocycles. The largest absolute Gasteiger partial charge is 0.497 e. The first-order chi connectivity index (χ1) is 17.3. The standard InChI is InChI=1S/C26H35N5O5/c1-26(25(34)28-18-8-6-5-7-9-18)16-31-21(24(33)30(26)2)15-20(29-31)23(32)27-13-12-17-10-11-19(35-3)14-22(17)36-4/h10-11,14-15,18H,5-9,12-13,16H2,1-4H3,(H,27,32)(H,28,34)/t26-/m0/s1. The van der Waals surface area contributed by atoms with E-state index in [2.05, 4.69) is 15.7 Å². The van der Waals surface area contributed by atoms with E-state index in [0.29, 0.717) is 30.2 Å². The van der Waals surface area contributed by atoms with E-state index in [1.807, 2.05) is 12.1 Å². The van der Waals surface area contributed by atoms with Gasteiger partial charge in [-0.05, 0) is 37.8 Å². The number of amides is 3. The lowest BCUT2D eigenvalue weighted by Gasteiger charge is -2.41. The Hall–Kier alpha value is -3.56. The Morgan fingerprint density at radius 1 is 1.14 bits per heavy atom. The van der Waals surface area contributed by atoms with Gasteiger partial charge < -0.3 is 25.0 Å². The molecule has 0 spiro atoms. The predicted octanol–water partition coefficient (Wildman–Crippen LogP) is 2.17. The van der Waals surface area contributed by atoms with E-state index < -0.39 is 5.54 Å². The van der Waals surface area contributed by atoms with E-state index in [1.165, 1.54) is 22.1 Å². The molecule has 2 aromatic rings. The molecule has 1 fully saturated rings. The fourth-order valence-electron chi connectivity index (χ4n) is 4.89. The number of rotatable bonds is 8. The SMILES string of the molecule is COc1ccc(CCNC(=O)c2cc3n(n2)C[C@@](C)(C(=O)NC2CCCCC2)N(C)C3=O)c(OC)c1. The number of carbonyl (C=O) groups excluding carboxylic acids is 3. The number of nitrogens with one attached hydrogen (secondary N) is 2. The van der Waals surface area contributed by atoms with Gasteiger partial charge in [-0.1, -0.05) is 25.3 Å². The van der Waals surface area contributed by atoms with Crippen molar-refractivity contribution < 1.29 is 23.9 Å². The monoisotopic (exact) mass is 497 g/mol. The average molecular weight is 498 g/mol. The number of methoxy groups -OCH3 is 2. The summed E-state index contributed by atoms with van der Waals surface area (Å²) in [6.07, 6.45) is 5.86. The van der Waals surface area contributed by atoms with Crippen molar-refractivity contribution in [1.82, 2.24) is 25.3 Å². The minimum Gasteiger partial charge on any atom is -0.497 e. The van der Waals surface area contributed by atoms with Crippen molar-refractivity contribution in [3.05, 3.63) is 41.2 Å². The van der Waals surface area contributed by atoms with E-state index >= 15 is 0 Å². The van der Waals surface area contributed by atoms with Gasteiger partial charge in [0.1, 0.15) is 22.7 Å². The highest BCUT2D eigenvalue weighted by atomic mass is 16.5. The van der Waals surface area contributed by atoms with Crippen LogP contribution in [-0.2, 0) is 17.8 Å². The first-order valence-electron chi connectivity index (χ1n) is 12.4. The number of hydrogen-bond acceptors (Lipinski definition) is 6. The lowest BCUT2D eigenvalue weighted by atomic mass is 9.92. The maximum atomic E-state index is 13.2. The lowest BCUT2D eigenvalue weighted by Crippen LogP contribution is -2.63. The molecule has 1 aliphatic heterocycles. The molecule has 4 rings (SSSR count). The van der Waals surface area contributed by atoms with E-state index in [-0.39, 0.29) is 36.0 Å². The lowest BCUT2D eigenvalue weighted by molar-refractivity contribution is -0.133. The van der Waals surface area contributed by atoms with Crippen LogP contribution in [0, 0.1) is 0 Å². The quantitative estimate of drug-likeness (QED) is 0.578. The van der Waals surface area contributed by atoms with Crippen molar-refractivity contribution >= 4 is 17.7 Å². The Morgan fingerprint density at radius 3 is 2.58 bits per heavy atom. The van der Waals surface area contributed by atoms with Crippen LogP contribution in [0.15, 0.2) is 24.3 Å². The first kappa shape index (κ1) is 25.5. The van der Waals surface area contributed by atoms with Crippen molar-refractivity contribution in [1.29, 1.82) is 0 Å². The normalized spacial score (nSPS) is 20.0. The summed E-state index contributed by atoms with van der Waals surface area (Å²) < 4.78 is 12.1. The van der Waals surface area contributed by atoms with Crippen LogP contribution in [-0.4, -0.2) is 71.8 Å². The number of likely N-dealkylation sites (N-methyl/N-ethyl adjacent to an activating group) is 1. The van der Waals surface area contributed by atoms with Gasteiger partial charge in [-0.25, -0.2) is 0 Å².